The van der Waals surface area contributed by atoms with E-state index in [1.165, 1.54) is 31.6 Å². The first kappa shape index (κ1) is 13.3. The van der Waals surface area contributed by atoms with Gasteiger partial charge in [0.1, 0.15) is 0 Å². The summed E-state index contributed by atoms with van der Waals surface area (Å²) in [5, 5.41) is 3.39. The third-order valence-electron chi connectivity index (χ3n) is 3.75. The van der Waals surface area contributed by atoms with Crippen molar-refractivity contribution >= 4 is 5.69 Å². The fraction of sp³-hybridized carbons (Fsp3) is 0.667. The van der Waals surface area contributed by atoms with Crippen molar-refractivity contribution in [2.75, 3.05) is 24.5 Å². The fourth-order valence-electron chi connectivity index (χ4n) is 2.68. The highest BCUT2D eigenvalue weighted by atomic mass is 15.1. The predicted octanol–water partition coefficient (Wildman–Crippen LogP) is 2.99. The molecule has 0 aromatic carbocycles. The minimum atomic E-state index is 0.337. The molecule has 1 fully saturated rings. The van der Waals surface area contributed by atoms with Crippen molar-refractivity contribution in [3.05, 3.63) is 24.0 Å². The fourth-order valence-corrected chi connectivity index (χ4v) is 2.68. The molecule has 2 atom stereocenters. The average molecular weight is 247 g/mol. The molecule has 3 heteroatoms. The van der Waals surface area contributed by atoms with Crippen LogP contribution in [-0.4, -0.2) is 24.6 Å². The Morgan fingerprint density at radius 1 is 1.50 bits per heavy atom. The zero-order chi connectivity index (χ0) is 13.0. The smallest absolute Gasteiger partial charge is 0.0572 e. The van der Waals surface area contributed by atoms with Gasteiger partial charge in [0.2, 0.25) is 0 Å². The number of anilines is 1. The normalized spacial score (nSPS) is 21.9. The highest BCUT2D eigenvalue weighted by Gasteiger charge is 2.17. The molecule has 0 bridgehead atoms. The maximum absolute atomic E-state index is 4.59. The molecule has 1 N–H and O–H groups in total. The minimum Gasteiger partial charge on any atom is -0.370 e. The van der Waals surface area contributed by atoms with Crippen molar-refractivity contribution in [2.24, 2.45) is 5.92 Å². The first-order chi connectivity index (χ1) is 8.70. The number of aromatic nitrogens is 1. The van der Waals surface area contributed by atoms with Crippen LogP contribution in [0.3, 0.4) is 0 Å². The Bertz CT molecular complexity index is 361. The van der Waals surface area contributed by atoms with Crippen LogP contribution in [0, 0.1) is 5.92 Å². The van der Waals surface area contributed by atoms with Crippen LogP contribution < -0.4 is 10.2 Å². The van der Waals surface area contributed by atoms with E-state index in [0.29, 0.717) is 6.04 Å². The summed E-state index contributed by atoms with van der Waals surface area (Å²) >= 11 is 0. The van der Waals surface area contributed by atoms with E-state index in [4.69, 9.17) is 0 Å². The summed E-state index contributed by atoms with van der Waals surface area (Å²) in [6.07, 6.45) is 4.69. The Morgan fingerprint density at radius 3 is 2.94 bits per heavy atom. The number of pyridine rings is 1. The van der Waals surface area contributed by atoms with Crippen LogP contribution in [0.4, 0.5) is 5.69 Å². The second kappa shape index (κ2) is 6.19. The van der Waals surface area contributed by atoms with Crippen LogP contribution >= 0.6 is 0 Å². The lowest BCUT2D eigenvalue weighted by Crippen LogP contribution is -2.34. The van der Waals surface area contributed by atoms with E-state index in [1.807, 2.05) is 6.20 Å². The van der Waals surface area contributed by atoms with Crippen molar-refractivity contribution in [1.29, 1.82) is 0 Å². The van der Waals surface area contributed by atoms with Crippen LogP contribution in [0.25, 0.3) is 0 Å². The van der Waals surface area contributed by atoms with Gasteiger partial charge < -0.3 is 10.2 Å². The molecule has 1 aliphatic heterocycles. The highest BCUT2D eigenvalue weighted by Crippen LogP contribution is 2.23. The number of nitrogens with one attached hydrogen (secondary N) is 1. The second-order valence-corrected chi connectivity index (χ2v) is 5.41. The largest absolute Gasteiger partial charge is 0.370 e. The second-order valence-electron chi connectivity index (χ2n) is 5.41. The topological polar surface area (TPSA) is 28.2 Å². The average Bonchev–Trinajstić information content (AvgIpc) is 2.39. The quantitative estimate of drug-likeness (QED) is 0.886. The zero-order valence-electron chi connectivity index (χ0n) is 11.8. The van der Waals surface area contributed by atoms with E-state index < -0.39 is 0 Å². The molecule has 1 aromatic heterocycles. The van der Waals surface area contributed by atoms with Gasteiger partial charge in [-0.3, -0.25) is 4.98 Å². The van der Waals surface area contributed by atoms with Gasteiger partial charge in [0.05, 0.1) is 17.6 Å². The zero-order valence-corrected chi connectivity index (χ0v) is 11.8. The summed E-state index contributed by atoms with van der Waals surface area (Å²) in [7, 11) is 0. The summed E-state index contributed by atoms with van der Waals surface area (Å²) in [6.45, 7) is 9.95. The Morgan fingerprint density at radius 2 is 2.33 bits per heavy atom. The lowest BCUT2D eigenvalue weighted by Gasteiger charge is -2.32. The van der Waals surface area contributed by atoms with Gasteiger partial charge in [0, 0.05) is 19.1 Å². The first-order valence-corrected chi connectivity index (χ1v) is 7.15. The van der Waals surface area contributed by atoms with Crippen molar-refractivity contribution in [3.8, 4) is 0 Å². The van der Waals surface area contributed by atoms with E-state index in [-0.39, 0.29) is 0 Å². The minimum absolute atomic E-state index is 0.337. The molecule has 2 heterocycles. The molecule has 2 unspecified atom stereocenters. The Hall–Kier alpha value is -1.09. The van der Waals surface area contributed by atoms with E-state index in [2.05, 4.69) is 48.1 Å². The molecule has 18 heavy (non-hydrogen) atoms. The van der Waals surface area contributed by atoms with Gasteiger partial charge in [-0.15, -0.1) is 0 Å². The Balaban J connectivity index is 2.02. The lowest BCUT2D eigenvalue weighted by molar-refractivity contribution is 0.446. The van der Waals surface area contributed by atoms with Crippen LogP contribution in [-0.2, 0) is 0 Å². The summed E-state index contributed by atoms with van der Waals surface area (Å²) in [4.78, 5) is 7.05. The SMILES string of the molecule is CCNC(C)c1ccc(N2CCCC(C)C2)cn1. The number of hydrogen-bond donors (Lipinski definition) is 1. The molecule has 0 saturated carbocycles. The maximum atomic E-state index is 4.59. The molecule has 0 spiro atoms. The Kier molecular flexibility index (Phi) is 4.59. The molecular weight excluding hydrogens is 222 g/mol. The molecule has 100 valence electrons. The van der Waals surface area contributed by atoms with E-state index in [0.717, 1.165) is 18.2 Å². The first-order valence-electron chi connectivity index (χ1n) is 7.15. The van der Waals surface area contributed by atoms with Crippen molar-refractivity contribution in [1.82, 2.24) is 10.3 Å². The lowest BCUT2D eigenvalue weighted by atomic mass is 10.00. The summed E-state index contributed by atoms with van der Waals surface area (Å²) < 4.78 is 0. The van der Waals surface area contributed by atoms with Gasteiger partial charge in [0.25, 0.3) is 0 Å². The monoisotopic (exact) mass is 247 g/mol. The van der Waals surface area contributed by atoms with Crippen LogP contribution in [0.15, 0.2) is 18.3 Å². The highest BCUT2D eigenvalue weighted by molar-refractivity contribution is 5.45. The van der Waals surface area contributed by atoms with Crippen molar-refractivity contribution in [3.63, 3.8) is 0 Å². The summed E-state index contributed by atoms with van der Waals surface area (Å²) in [5.41, 5.74) is 2.40. The van der Waals surface area contributed by atoms with Crippen LogP contribution in [0.5, 0.6) is 0 Å². The number of piperidine rings is 1. The molecule has 2 rings (SSSR count). The summed E-state index contributed by atoms with van der Waals surface area (Å²) in [6, 6.07) is 4.71. The third kappa shape index (κ3) is 3.22. The van der Waals surface area contributed by atoms with E-state index >= 15 is 0 Å². The molecular formula is C15H25N3. The third-order valence-corrected chi connectivity index (χ3v) is 3.75. The van der Waals surface area contributed by atoms with Crippen molar-refractivity contribution < 1.29 is 0 Å². The molecule has 0 aliphatic carbocycles. The van der Waals surface area contributed by atoms with Gasteiger partial charge >= 0.3 is 0 Å². The number of hydrogen-bond acceptors (Lipinski definition) is 3. The van der Waals surface area contributed by atoms with E-state index in [1.54, 1.807) is 0 Å². The van der Waals surface area contributed by atoms with Gasteiger partial charge in [-0.2, -0.15) is 0 Å². The standard InChI is InChI=1S/C15H25N3/c1-4-16-13(3)15-8-7-14(10-17-15)18-9-5-6-12(2)11-18/h7-8,10,12-13,16H,4-6,9,11H2,1-3H3. The predicted molar refractivity (Wildman–Crippen MR) is 76.9 cm³/mol. The van der Waals surface area contributed by atoms with Gasteiger partial charge in [-0.05, 0) is 44.4 Å². The van der Waals surface area contributed by atoms with Crippen LogP contribution in [0.1, 0.15) is 45.3 Å². The molecule has 0 radical (unpaired) electrons. The number of nitrogens with zero attached hydrogens (tertiary/aromatic N) is 2. The maximum Gasteiger partial charge on any atom is 0.0572 e. The molecule has 1 aromatic rings. The molecule has 1 aliphatic rings. The van der Waals surface area contributed by atoms with E-state index in [9.17, 15) is 0 Å². The van der Waals surface area contributed by atoms with Gasteiger partial charge in [-0.1, -0.05) is 13.8 Å². The summed E-state index contributed by atoms with van der Waals surface area (Å²) in [5.74, 6) is 0.805. The molecule has 0 amide bonds. The Labute approximate surface area is 111 Å². The molecule has 1 saturated heterocycles. The van der Waals surface area contributed by atoms with Gasteiger partial charge in [-0.25, -0.2) is 0 Å². The van der Waals surface area contributed by atoms with Gasteiger partial charge in [0.15, 0.2) is 0 Å². The number of rotatable bonds is 4. The van der Waals surface area contributed by atoms with Crippen molar-refractivity contribution in [2.45, 2.75) is 39.7 Å². The molecule has 3 nitrogen and oxygen atoms in total. The van der Waals surface area contributed by atoms with Crippen LogP contribution in [0.2, 0.25) is 0 Å².